The minimum atomic E-state index is 0.0506. The number of ether oxygens (including phenoxy) is 1. The van der Waals surface area contributed by atoms with Crippen LogP contribution >= 0.6 is 0 Å². The van der Waals surface area contributed by atoms with Crippen LogP contribution in [0.2, 0.25) is 0 Å². The highest BCUT2D eigenvalue weighted by atomic mass is 16.5. The van der Waals surface area contributed by atoms with E-state index < -0.39 is 0 Å². The number of hydrogen-bond donors (Lipinski definition) is 1. The molecule has 1 aliphatic carbocycles. The first kappa shape index (κ1) is 12.9. The predicted molar refractivity (Wildman–Crippen MR) is 64.0 cm³/mol. The van der Waals surface area contributed by atoms with E-state index in [1.807, 2.05) is 0 Å². The molecule has 0 aliphatic heterocycles. The lowest BCUT2D eigenvalue weighted by Crippen LogP contribution is -2.52. The monoisotopic (exact) mass is 214 g/mol. The zero-order chi connectivity index (χ0) is 11.3. The van der Waals surface area contributed by atoms with E-state index in [1.54, 1.807) is 7.11 Å². The van der Waals surface area contributed by atoms with Gasteiger partial charge in [0.05, 0.1) is 6.61 Å². The molecule has 0 bridgehead atoms. The molecule has 1 aliphatic rings. The van der Waals surface area contributed by atoms with Gasteiger partial charge in [-0.05, 0) is 26.8 Å². The number of nitrogens with zero attached hydrogens (tertiary/aromatic N) is 1. The highest BCUT2D eigenvalue weighted by Gasteiger charge is 2.29. The van der Waals surface area contributed by atoms with Crippen molar-refractivity contribution in [2.75, 3.05) is 27.3 Å². The average molecular weight is 214 g/mol. The number of methoxy groups -OCH3 is 1. The van der Waals surface area contributed by atoms with Gasteiger partial charge in [-0.2, -0.15) is 0 Å². The van der Waals surface area contributed by atoms with E-state index >= 15 is 0 Å². The SMILES string of the molecule is COCC(C)N(C)CC1(N)CCCCC1. The summed E-state index contributed by atoms with van der Waals surface area (Å²) in [5.41, 5.74) is 6.46. The minimum absolute atomic E-state index is 0.0506. The van der Waals surface area contributed by atoms with Crippen LogP contribution in [0.4, 0.5) is 0 Å². The van der Waals surface area contributed by atoms with Gasteiger partial charge < -0.3 is 10.5 Å². The Bertz CT molecular complexity index is 178. The Balaban J connectivity index is 2.37. The second kappa shape index (κ2) is 5.83. The molecule has 1 rings (SSSR count). The summed E-state index contributed by atoms with van der Waals surface area (Å²) in [4.78, 5) is 2.33. The predicted octanol–water partition coefficient (Wildman–Crippen LogP) is 1.61. The summed E-state index contributed by atoms with van der Waals surface area (Å²) in [7, 11) is 3.90. The lowest BCUT2D eigenvalue weighted by Gasteiger charge is -2.38. The van der Waals surface area contributed by atoms with E-state index in [1.165, 1.54) is 32.1 Å². The van der Waals surface area contributed by atoms with Gasteiger partial charge in [-0.15, -0.1) is 0 Å². The summed E-state index contributed by atoms with van der Waals surface area (Å²) in [5, 5.41) is 0. The molecule has 3 nitrogen and oxygen atoms in total. The second-order valence-corrected chi connectivity index (χ2v) is 5.14. The molecule has 1 atom stereocenters. The van der Waals surface area contributed by atoms with E-state index in [2.05, 4.69) is 18.9 Å². The Hall–Kier alpha value is -0.120. The standard InChI is InChI=1S/C12H26N2O/c1-11(9-15-3)14(2)10-12(13)7-5-4-6-8-12/h11H,4-10,13H2,1-3H3. The fourth-order valence-electron chi connectivity index (χ4n) is 2.43. The summed E-state index contributed by atoms with van der Waals surface area (Å²) >= 11 is 0. The number of nitrogens with two attached hydrogens (primary N) is 1. The van der Waals surface area contributed by atoms with Crippen LogP contribution < -0.4 is 5.73 Å². The Morgan fingerprint density at radius 1 is 1.33 bits per heavy atom. The highest BCUT2D eigenvalue weighted by molar-refractivity contribution is 4.90. The smallest absolute Gasteiger partial charge is 0.0615 e. The Morgan fingerprint density at radius 3 is 2.47 bits per heavy atom. The van der Waals surface area contributed by atoms with Crippen LogP contribution in [0.15, 0.2) is 0 Å². The molecule has 0 radical (unpaired) electrons. The van der Waals surface area contributed by atoms with Crippen molar-refractivity contribution < 1.29 is 4.74 Å². The quantitative estimate of drug-likeness (QED) is 0.755. The third-order valence-electron chi connectivity index (χ3n) is 3.57. The summed E-state index contributed by atoms with van der Waals surface area (Å²) in [5.74, 6) is 0. The second-order valence-electron chi connectivity index (χ2n) is 5.14. The lowest BCUT2D eigenvalue weighted by molar-refractivity contribution is 0.0922. The van der Waals surface area contributed by atoms with Crippen LogP contribution in [-0.4, -0.2) is 43.8 Å². The van der Waals surface area contributed by atoms with Gasteiger partial charge in [-0.1, -0.05) is 19.3 Å². The van der Waals surface area contributed by atoms with E-state index in [0.29, 0.717) is 6.04 Å². The average Bonchev–Trinajstić information content (AvgIpc) is 2.18. The number of hydrogen-bond acceptors (Lipinski definition) is 3. The summed E-state index contributed by atoms with van der Waals surface area (Å²) in [6.45, 7) is 3.97. The van der Waals surface area contributed by atoms with Crippen molar-refractivity contribution in [2.24, 2.45) is 5.73 Å². The fraction of sp³-hybridized carbons (Fsp3) is 1.00. The van der Waals surface area contributed by atoms with Gasteiger partial charge >= 0.3 is 0 Å². The van der Waals surface area contributed by atoms with E-state index in [-0.39, 0.29) is 5.54 Å². The molecule has 90 valence electrons. The van der Waals surface area contributed by atoms with Crippen molar-refractivity contribution in [2.45, 2.75) is 50.6 Å². The third-order valence-corrected chi connectivity index (χ3v) is 3.57. The first-order valence-electron chi connectivity index (χ1n) is 6.05. The van der Waals surface area contributed by atoms with Crippen molar-refractivity contribution in [3.63, 3.8) is 0 Å². The van der Waals surface area contributed by atoms with Crippen LogP contribution in [0.3, 0.4) is 0 Å². The van der Waals surface area contributed by atoms with E-state index in [4.69, 9.17) is 10.5 Å². The molecule has 1 fully saturated rings. The van der Waals surface area contributed by atoms with E-state index in [9.17, 15) is 0 Å². The first-order valence-corrected chi connectivity index (χ1v) is 6.05. The minimum Gasteiger partial charge on any atom is -0.383 e. The molecule has 0 aromatic heterocycles. The maximum absolute atomic E-state index is 6.41. The van der Waals surface area contributed by atoms with Crippen molar-refractivity contribution in [1.29, 1.82) is 0 Å². The van der Waals surface area contributed by atoms with Gasteiger partial charge in [0.1, 0.15) is 0 Å². The van der Waals surface area contributed by atoms with Crippen molar-refractivity contribution in [3.8, 4) is 0 Å². The summed E-state index contributed by atoms with van der Waals surface area (Å²) in [6.07, 6.45) is 6.30. The molecule has 2 N–H and O–H groups in total. The molecular formula is C12H26N2O. The molecule has 0 saturated heterocycles. The third kappa shape index (κ3) is 4.09. The van der Waals surface area contributed by atoms with Crippen molar-refractivity contribution in [3.05, 3.63) is 0 Å². The van der Waals surface area contributed by atoms with Crippen molar-refractivity contribution in [1.82, 2.24) is 4.90 Å². The Morgan fingerprint density at radius 2 is 1.93 bits per heavy atom. The van der Waals surface area contributed by atoms with Gasteiger partial charge in [0.15, 0.2) is 0 Å². The van der Waals surface area contributed by atoms with Gasteiger partial charge in [0, 0.05) is 25.2 Å². The fourth-order valence-corrected chi connectivity index (χ4v) is 2.43. The molecule has 0 amide bonds. The highest BCUT2D eigenvalue weighted by Crippen LogP contribution is 2.26. The molecule has 15 heavy (non-hydrogen) atoms. The van der Waals surface area contributed by atoms with Gasteiger partial charge in [-0.3, -0.25) is 4.90 Å². The van der Waals surface area contributed by atoms with Crippen LogP contribution in [0.5, 0.6) is 0 Å². The molecule has 0 heterocycles. The number of likely N-dealkylation sites (N-methyl/N-ethyl adjacent to an activating group) is 1. The van der Waals surface area contributed by atoms with Crippen LogP contribution in [0.25, 0.3) is 0 Å². The Kier molecular flexibility index (Phi) is 5.03. The molecule has 0 aromatic carbocycles. The van der Waals surface area contributed by atoms with Gasteiger partial charge in [0.25, 0.3) is 0 Å². The van der Waals surface area contributed by atoms with Crippen LogP contribution in [0.1, 0.15) is 39.0 Å². The molecule has 3 heteroatoms. The first-order chi connectivity index (χ1) is 7.07. The largest absolute Gasteiger partial charge is 0.383 e. The molecule has 1 saturated carbocycles. The van der Waals surface area contributed by atoms with Crippen molar-refractivity contribution >= 4 is 0 Å². The molecule has 0 spiro atoms. The normalized spacial score (nSPS) is 23.0. The van der Waals surface area contributed by atoms with E-state index in [0.717, 1.165) is 13.2 Å². The van der Waals surface area contributed by atoms with Crippen LogP contribution in [-0.2, 0) is 4.74 Å². The zero-order valence-corrected chi connectivity index (χ0v) is 10.5. The lowest BCUT2D eigenvalue weighted by atomic mass is 9.82. The summed E-state index contributed by atoms with van der Waals surface area (Å²) < 4.78 is 5.16. The molecule has 0 aromatic rings. The summed E-state index contributed by atoms with van der Waals surface area (Å²) in [6, 6.07) is 0.456. The Labute approximate surface area is 94.0 Å². The molecule has 1 unspecified atom stereocenters. The maximum Gasteiger partial charge on any atom is 0.0615 e. The zero-order valence-electron chi connectivity index (χ0n) is 10.5. The van der Waals surface area contributed by atoms with Gasteiger partial charge in [-0.25, -0.2) is 0 Å². The maximum atomic E-state index is 6.41. The topological polar surface area (TPSA) is 38.5 Å². The number of rotatable bonds is 5. The molecular weight excluding hydrogens is 188 g/mol. The van der Waals surface area contributed by atoms with Crippen LogP contribution in [0, 0.1) is 0 Å². The van der Waals surface area contributed by atoms with Gasteiger partial charge in [0.2, 0.25) is 0 Å².